The topological polar surface area (TPSA) is 46.8 Å². The van der Waals surface area contributed by atoms with Crippen LogP contribution in [0.2, 0.25) is 5.02 Å². The zero-order valence-electron chi connectivity index (χ0n) is 9.91. The second kappa shape index (κ2) is 4.94. The van der Waals surface area contributed by atoms with Crippen LogP contribution in [-0.4, -0.2) is 32.8 Å². The molecule has 0 amide bonds. The highest BCUT2D eigenvalue weighted by Crippen LogP contribution is 2.28. The van der Waals surface area contributed by atoms with Gasteiger partial charge in [0.25, 0.3) is 0 Å². The number of nitrogens with zero attached hydrogens (tertiary/aromatic N) is 5. The Hall–Kier alpha value is -1.62. The first kappa shape index (κ1) is 11.5. The van der Waals surface area contributed by atoms with Crippen molar-refractivity contribution in [2.75, 3.05) is 18.0 Å². The Bertz CT molecular complexity index is 513. The van der Waals surface area contributed by atoms with E-state index in [0.29, 0.717) is 11.1 Å². The Morgan fingerprint density at radius 3 is 3.11 bits per heavy atom. The van der Waals surface area contributed by atoms with Crippen LogP contribution >= 0.6 is 11.6 Å². The Kier molecular flexibility index (Phi) is 3.15. The lowest BCUT2D eigenvalue weighted by atomic mass is 10.1. The van der Waals surface area contributed by atoms with Gasteiger partial charge in [-0.2, -0.15) is 5.10 Å². The Morgan fingerprint density at radius 1 is 1.39 bits per heavy atom. The molecule has 94 valence electrons. The summed E-state index contributed by atoms with van der Waals surface area (Å²) in [4.78, 5) is 10.4. The van der Waals surface area contributed by atoms with E-state index < -0.39 is 0 Å². The molecule has 1 aliphatic rings. The minimum Gasteiger partial charge on any atom is -0.353 e. The number of anilines is 1. The molecule has 1 atom stereocenters. The summed E-state index contributed by atoms with van der Waals surface area (Å²) in [5.41, 5.74) is 0. The van der Waals surface area contributed by atoms with Crippen LogP contribution in [0.4, 0.5) is 5.82 Å². The molecular formula is C12H14ClN5. The molecule has 0 aromatic carbocycles. The van der Waals surface area contributed by atoms with E-state index in [1.54, 1.807) is 12.5 Å². The van der Waals surface area contributed by atoms with Crippen molar-refractivity contribution in [3.8, 4) is 0 Å². The Morgan fingerprint density at radius 2 is 2.33 bits per heavy atom. The van der Waals surface area contributed by atoms with Gasteiger partial charge in [0.1, 0.15) is 11.3 Å². The number of halogens is 1. The van der Waals surface area contributed by atoms with Crippen LogP contribution in [0.25, 0.3) is 0 Å². The van der Waals surface area contributed by atoms with E-state index in [-0.39, 0.29) is 0 Å². The minimum atomic E-state index is 0.389. The van der Waals surface area contributed by atoms with Gasteiger partial charge >= 0.3 is 0 Å². The van der Waals surface area contributed by atoms with E-state index in [1.165, 1.54) is 0 Å². The van der Waals surface area contributed by atoms with Crippen molar-refractivity contribution in [2.24, 2.45) is 0 Å². The summed E-state index contributed by atoms with van der Waals surface area (Å²) < 4.78 is 2.02. The first-order valence-electron chi connectivity index (χ1n) is 6.04. The van der Waals surface area contributed by atoms with Crippen LogP contribution in [0.5, 0.6) is 0 Å². The first-order valence-corrected chi connectivity index (χ1v) is 6.42. The van der Waals surface area contributed by atoms with Crippen molar-refractivity contribution in [1.29, 1.82) is 0 Å². The molecule has 6 heteroatoms. The normalized spacial score (nSPS) is 20.1. The van der Waals surface area contributed by atoms with Crippen LogP contribution in [0.1, 0.15) is 18.9 Å². The molecule has 1 fully saturated rings. The standard InChI is InChI=1S/C12H14ClN5/c13-11-7-14-9-15-12(11)17-5-1-3-10(8-17)18-6-2-4-16-18/h2,4,6-7,9-10H,1,3,5,8H2. The van der Waals surface area contributed by atoms with Crippen molar-refractivity contribution in [3.05, 3.63) is 36.0 Å². The fourth-order valence-corrected chi connectivity index (χ4v) is 2.62. The van der Waals surface area contributed by atoms with Crippen LogP contribution in [0, 0.1) is 0 Å². The molecule has 1 saturated heterocycles. The van der Waals surface area contributed by atoms with E-state index in [9.17, 15) is 0 Å². The van der Waals surface area contributed by atoms with Crippen molar-refractivity contribution in [3.63, 3.8) is 0 Å². The Balaban J connectivity index is 1.81. The van der Waals surface area contributed by atoms with Gasteiger partial charge in [0, 0.05) is 25.5 Å². The summed E-state index contributed by atoms with van der Waals surface area (Å²) in [5.74, 6) is 0.823. The smallest absolute Gasteiger partial charge is 0.150 e. The quantitative estimate of drug-likeness (QED) is 0.833. The van der Waals surface area contributed by atoms with Gasteiger partial charge in [-0.05, 0) is 18.9 Å². The maximum absolute atomic E-state index is 6.14. The van der Waals surface area contributed by atoms with Gasteiger partial charge in [-0.25, -0.2) is 9.97 Å². The molecule has 3 heterocycles. The average Bonchev–Trinajstić information content (AvgIpc) is 2.93. The van der Waals surface area contributed by atoms with Gasteiger partial charge in [0.05, 0.1) is 12.2 Å². The zero-order chi connectivity index (χ0) is 12.4. The molecule has 0 bridgehead atoms. The summed E-state index contributed by atoms with van der Waals surface area (Å²) in [7, 11) is 0. The summed E-state index contributed by atoms with van der Waals surface area (Å²) >= 11 is 6.14. The molecule has 18 heavy (non-hydrogen) atoms. The van der Waals surface area contributed by atoms with Crippen molar-refractivity contribution in [1.82, 2.24) is 19.7 Å². The molecule has 0 N–H and O–H groups in total. The monoisotopic (exact) mass is 263 g/mol. The number of aromatic nitrogens is 4. The van der Waals surface area contributed by atoms with Gasteiger partial charge in [-0.15, -0.1) is 0 Å². The fourth-order valence-electron chi connectivity index (χ4n) is 2.40. The summed E-state index contributed by atoms with van der Waals surface area (Å²) in [6, 6.07) is 2.34. The third kappa shape index (κ3) is 2.18. The molecule has 1 aliphatic heterocycles. The summed E-state index contributed by atoms with van der Waals surface area (Å²) in [6.07, 6.45) is 9.26. The lowest BCUT2D eigenvalue weighted by molar-refractivity contribution is 0.375. The molecule has 0 spiro atoms. The number of hydrogen-bond acceptors (Lipinski definition) is 4. The zero-order valence-corrected chi connectivity index (χ0v) is 10.7. The number of rotatable bonds is 2. The molecule has 0 saturated carbocycles. The van der Waals surface area contributed by atoms with Crippen molar-refractivity contribution < 1.29 is 0 Å². The minimum absolute atomic E-state index is 0.389. The molecular weight excluding hydrogens is 250 g/mol. The van der Waals surface area contributed by atoms with Crippen LogP contribution in [-0.2, 0) is 0 Å². The maximum atomic E-state index is 6.14. The highest BCUT2D eigenvalue weighted by Gasteiger charge is 2.23. The summed E-state index contributed by atoms with van der Waals surface area (Å²) in [5, 5.41) is 4.92. The largest absolute Gasteiger partial charge is 0.353 e. The van der Waals surface area contributed by atoms with Crippen LogP contribution in [0.3, 0.4) is 0 Å². The van der Waals surface area contributed by atoms with Gasteiger partial charge in [0.2, 0.25) is 0 Å². The number of hydrogen-bond donors (Lipinski definition) is 0. The van der Waals surface area contributed by atoms with Crippen LogP contribution < -0.4 is 4.90 Å². The lowest BCUT2D eigenvalue weighted by Crippen LogP contribution is -2.37. The van der Waals surface area contributed by atoms with Gasteiger partial charge < -0.3 is 4.90 Å². The average molecular weight is 264 g/mol. The predicted molar refractivity (Wildman–Crippen MR) is 69.8 cm³/mol. The highest BCUT2D eigenvalue weighted by atomic mass is 35.5. The second-order valence-corrected chi connectivity index (χ2v) is 4.83. The maximum Gasteiger partial charge on any atom is 0.150 e. The molecule has 0 aliphatic carbocycles. The van der Waals surface area contributed by atoms with Crippen molar-refractivity contribution >= 4 is 17.4 Å². The van der Waals surface area contributed by atoms with E-state index in [0.717, 1.165) is 31.7 Å². The predicted octanol–water partition coefficient (Wildman–Crippen LogP) is 2.17. The van der Waals surface area contributed by atoms with Gasteiger partial charge in [0.15, 0.2) is 5.82 Å². The van der Waals surface area contributed by atoms with E-state index in [1.807, 2.05) is 23.1 Å². The highest BCUT2D eigenvalue weighted by molar-refractivity contribution is 6.32. The Labute approximate surface area is 110 Å². The molecule has 2 aromatic heterocycles. The fraction of sp³-hybridized carbons (Fsp3) is 0.417. The van der Waals surface area contributed by atoms with E-state index >= 15 is 0 Å². The molecule has 2 aromatic rings. The van der Waals surface area contributed by atoms with Gasteiger partial charge in [-0.3, -0.25) is 4.68 Å². The van der Waals surface area contributed by atoms with E-state index in [4.69, 9.17) is 11.6 Å². The van der Waals surface area contributed by atoms with Crippen LogP contribution in [0.15, 0.2) is 31.0 Å². The number of piperidine rings is 1. The molecule has 3 rings (SSSR count). The summed E-state index contributed by atoms with van der Waals surface area (Å²) in [6.45, 7) is 1.87. The SMILES string of the molecule is Clc1cncnc1N1CCCC(n2cccn2)C1. The third-order valence-electron chi connectivity index (χ3n) is 3.24. The molecule has 0 radical (unpaired) electrons. The third-order valence-corrected chi connectivity index (χ3v) is 3.51. The molecule has 1 unspecified atom stereocenters. The van der Waals surface area contributed by atoms with Crippen molar-refractivity contribution in [2.45, 2.75) is 18.9 Å². The lowest BCUT2D eigenvalue weighted by Gasteiger charge is -2.33. The first-order chi connectivity index (χ1) is 8.84. The second-order valence-electron chi connectivity index (χ2n) is 4.42. The molecule has 5 nitrogen and oxygen atoms in total. The van der Waals surface area contributed by atoms with E-state index in [2.05, 4.69) is 20.0 Å². The van der Waals surface area contributed by atoms with Gasteiger partial charge in [-0.1, -0.05) is 11.6 Å².